The fourth-order valence-electron chi connectivity index (χ4n) is 2.52. The predicted molar refractivity (Wildman–Crippen MR) is 71.6 cm³/mol. The summed E-state index contributed by atoms with van der Waals surface area (Å²) in [7, 11) is 2.11. The molecule has 0 bridgehead atoms. The number of aromatic nitrogens is 1. The number of nitrogen functional groups attached to an aromatic ring is 1. The van der Waals surface area contributed by atoms with E-state index in [2.05, 4.69) is 32.9 Å². The van der Waals surface area contributed by atoms with E-state index in [9.17, 15) is 0 Å². The van der Waals surface area contributed by atoms with Gasteiger partial charge in [0.1, 0.15) is 0 Å². The van der Waals surface area contributed by atoms with Crippen molar-refractivity contribution < 1.29 is 0 Å². The largest absolute Gasteiger partial charge is 0.396 e. The second kappa shape index (κ2) is 5.04. The number of halogens is 1. The third kappa shape index (κ3) is 2.48. The topological polar surface area (TPSA) is 42.1 Å². The van der Waals surface area contributed by atoms with E-state index in [0.717, 1.165) is 28.3 Å². The molecule has 1 saturated carbocycles. The van der Waals surface area contributed by atoms with Gasteiger partial charge in [-0.25, -0.2) is 0 Å². The molecule has 0 saturated heterocycles. The SMILES string of the molecule is CN(CC1CCCC1)c1c(N)cncc1Br. The van der Waals surface area contributed by atoms with E-state index in [-0.39, 0.29) is 0 Å². The summed E-state index contributed by atoms with van der Waals surface area (Å²) in [5, 5.41) is 0. The molecular weight excluding hydrogens is 266 g/mol. The van der Waals surface area contributed by atoms with Crippen LogP contribution in [0, 0.1) is 5.92 Å². The van der Waals surface area contributed by atoms with Gasteiger partial charge in [-0.1, -0.05) is 12.8 Å². The van der Waals surface area contributed by atoms with Crippen LogP contribution in [0.25, 0.3) is 0 Å². The molecule has 1 aliphatic rings. The normalized spacial score (nSPS) is 16.6. The highest BCUT2D eigenvalue weighted by Gasteiger charge is 2.19. The number of nitrogens with two attached hydrogens (primary N) is 1. The summed E-state index contributed by atoms with van der Waals surface area (Å²) in [6, 6.07) is 0. The first kappa shape index (κ1) is 11.7. The lowest BCUT2D eigenvalue weighted by Crippen LogP contribution is -2.25. The number of nitrogens with zero attached hydrogens (tertiary/aromatic N) is 2. The first-order valence-corrected chi connectivity index (χ1v) is 6.58. The number of hydrogen-bond donors (Lipinski definition) is 1. The summed E-state index contributed by atoms with van der Waals surface area (Å²) in [5.74, 6) is 0.824. The van der Waals surface area contributed by atoms with Crippen LogP contribution < -0.4 is 10.6 Å². The van der Waals surface area contributed by atoms with E-state index in [1.807, 2.05) is 0 Å². The van der Waals surface area contributed by atoms with Gasteiger partial charge in [0.05, 0.1) is 22.0 Å². The van der Waals surface area contributed by atoms with E-state index < -0.39 is 0 Å². The van der Waals surface area contributed by atoms with E-state index in [4.69, 9.17) is 5.73 Å². The van der Waals surface area contributed by atoms with Gasteiger partial charge in [-0.05, 0) is 34.7 Å². The lowest BCUT2D eigenvalue weighted by molar-refractivity contribution is 0.547. The number of pyridine rings is 1. The Hall–Kier alpha value is -0.770. The van der Waals surface area contributed by atoms with Crippen molar-refractivity contribution in [1.29, 1.82) is 0 Å². The standard InChI is InChI=1S/C12H18BrN3/c1-16(8-9-4-2-3-5-9)12-10(13)6-15-7-11(12)14/h6-7,9H,2-5,8,14H2,1H3. The van der Waals surface area contributed by atoms with Crippen molar-refractivity contribution in [3.05, 3.63) is 16.9 Å². The number of anilines is 2. The Balaban J connectivity index is 2.10. The summed E-state index contributed by atoms with van der Waals surface area (Å²) in [6.45, 7) is 1.09. The molecule has 88 valence electrons. The van der Waals surface area contributed by atoms with Crippen LogP contribution in [-0.2, 0) is 0 Å². The fraction of sp³-hybridized carbons (Fsp3) is 0.583. The molecule has 1 aliphatic carbocycles. The monoisotopic (exact) mass is 283 g/mol. The van der Waals surface area contributed by atoms with Crippen molar-refractivity contribution in [2.45, 2.75) is 25.7 Å². The maximum absolute atomic E-state index is 5.96. The fourth-order valence-corrected chi connectivity index (χ4v) is 3.17. The van der Waals surface area contributed by atoms with Crippen LogP contribution in [0.1, 0.15) is 25.7 Å². The zero-order chi connectivity index (χ0) is 11.5. The lowest BCUT2D eigenvalue weighted by Gasteiger charge is -2.25. The zero-order valence-electron chi connectivity index (χ0n) is 9.62. The van der Waals surface area contributed by atoms with E-state index >= 15 is 0 Å². The van der Waals surface area contributed by atoms with Crippen LogP contribution in [0.3, 0.4) is 0 Å². The van der Waals surface area contributed by atoms with Gasteiger partial charge >= 0.3 is 0 Å². The molecule has 1 aromatic heterocycles. The Morgan fingerprint density at radius 3 is 2.75 bits per heavy atom. The third-order valence-corrected chi connectivity index (χ3v) is 3.87. The summed E-state index contributed by atoms with van der Waals surface area (Å²) in [5.41, 5.74) is 7.78. The van der Waals surface area contributed by atoms with Gasteiger partial charge in [-0.3, -0.25) is 4.98 Å². The Labute approximate surface area is 105 Å². The van der Waals surface area contributed by atoms with Crippen molar-refractivity contribution in [3.8, 4) is 0 Å². The molecule has 0 unspecified atom stereocenters. The molecule has 0 atom stereocenters. The Bertz CT molecular complexity index is 341. The number of rotatable bonds is 3. The minimum absolute atomic E-state index is 0.745. The zero-order valence-corrected chi connectivity index (χ0v) is 11.2. The molecule has 0 amide bonds. The quantitative estimate of drug-likeness (QED) is 0.927. The maximum atomic E-state index is 5.96. The summed E-state index contributed by atoms with van der Waals surface area (Å²) in [4.78, 5) is 6.31. The van der Waals surface area contributed by atoms with Crippen LogP contribution >= 0.6 is 15.9 Å². The van der Waals surface area contributed by atoms with Crippen molar-refractivity contribution in [3.63, 3.8) is 0 Å². The van der Waals surface area contributed by atoms with Crippen molar-refractivity contribution in [2.24, 2.45) is 5.92 Å². The maximum Gasteiger partial charge on any atom is 0.0773 e. The molecule has 1 fully saturated rings. The molecular formula is C12H18BrN3. The summed E-state index contributed by atoms with van der Waals surface area (Å²) < 4.78 is 0.980. The Morgan fingerprint density at radius 2 is 2.12 bits per heavy atom. The second-order valence-corrected chi connectivity index (χ2v) is 5.44. The average molecular weight is 284 g/mol. The minimum Gasteiger partial charge on any atom is -0.396 e. The van der Waals surface area contributed by atoms with Gasteiger partial charge in [0.25, 0.3) is 0 Å². The van der Waals surface area contributed by atoms with Gasteiger partial charge in [0, 0.05) is 19.8 Å². The van der Waals surface area contributed by atoms with Crippen molar-refractivity contribution in [2.75, 3.05) is 24.2 Å². The molecule has 16 heavy (non-hydrogen) atoms. The van der Waals surface area contributed by atoms with Crippen molar-refractivity contribution >= 4 is 27.3 Å². The Morgan fingerprint density at radius 1 is 1.44 bits per heavy atom. The molecule has 2 rings (SSSR count). The van der Waals surface area contributed by atoms with Crippen LogP contribution in [0.5, 0.6) is 0 Å². The molecule has 3 nitrogen and oxygen atoms in total. The molecule has 2 N–H and O–H groups in total. The highest BCUT2D eigenvalue weighted by molar-refractivity contribution is 9.10. The number of hydrogen-bond acceptors (Lipinski definition) is 3. The molecule has 0 radical (unpaired) electrons. The molecule has 1 aromatic rings. The first-order chi connectivity index (χ1) is 7.68. The molecule has 0 spiro atoms. The molecule has 0 aliphatic heterocycles. The van der Waals surface area contributed by atoms with Gasteiger partial charge in [0.15, 0.2) is 0 Å². The summed E-state index contributed by atoms with van der Waals surface area (Å²) >= 11 is 3.51. The third-order valence-electron chi connectivity index (χ3n) is 3.29. The van der Waals surface area contributed by atoms with E-state index in [0.29, 0.717) is 0 Å². The van der Waals surface area contributed by atoms with E-state index in [1.54, 1.807) is 12.4 Å². The predicted octanol–water partition coefficient (Wildman–Crippen LogP) is 3.05. The first-order valence-electron chi connectivity index (χ1n) is 5.78. The lowest BCUT2D eigenvalue weighted by atomic mass is 10.1. The van der Waals surface area contributed by atoms with Crippen LogP contribution in [0.4, 0.5) is 11.4 Å². The van der Waals surface area contributed by atoms with Gasteiger partial charge in [0.2, 0.25) is 0 Å². The highest BCUT2D eigenvalue weighted by atomic mass is 79.9. The van der Waals surface area contributed by atoms with Gasteiger partial charge in [-0.2, -0.15) is 0 Å². The van der Waals surface area contributed by atoms with E-state index in [1.165, 1.54) is 25.7 Å². The van der Waals surface area contributed by atoms with Gasteiger partial charge in [-0.15, -0.1) is 0 Å². The smallest absolute Gasteiger partial charge is 0.0773 e. The van der Waals surface area contributed by atoms with Gasteiger partial charge < -0.3 is 10.6 Å². The van der Waals surface area contributed by atoms with Crippen LogP contribution in [0.15, 0.2) is 16.9 Å². The molecule has 0 aromatic carbocycles. The van der Waals surface area contributed by atoms with Crippen LogP contribution in [-0.4, -0.2) is 18.6 Å². The average Bonchev–Trinajstić information content (AvgIpc) is 2.70. The molecule has 1 heterocycles. The minimum atomic E-state index is 0.745. The van der Waals surface area contributed by atoms with Crippen LogP contribution in [0.2, 0.25) is 0 Å². The molecule has 4 heteroatoms. The second-order valence-electron chi connectivity index (χ2n) is 4.59. The highest BCUT2D eigenvalue weighted by Crippen LogP contribution is 2.33. The summed E-state index contributed by atoms with van der Waals surface area (Å²) in [6.07, 6.45) is 8.99. The Kier molecular flexibility index (Phi) is 3.69. The van der Waals surface area contributed by atoms with Crippen molar-refractivity contribution in [1.82, 2.24) is 4.98 Å².